The number of rotatable bonds is 16. The molecule has 2 saturated heterocycles. The number of fused-ring (bicyclic) bond motifs is 2. The van der Waals surface area contributed by atoms with E-state index in [2.05, 4.69) is 49.7 Å². The topological polar surface area (TPSA) is 407 Å². The minimum absolute atomic E-state index is 0.110. The fourth-order valence-electron chi connectivity index (χ4n) is 6.04. The van der Waals surface area contributed by atoms with E-state index in [0.29, 0.717) is 0 Å². The summed E-state index contributed by atoms with van der Waals surface area (Å²) in [5, 5.41) is 32.0. The van der Waals surface area contributed by atoms with Crippen molar-refractivity contribution < 1.29 is 85.0 Å². The van der Waals surface area contributed by atoms with E-state index in [1.165, 1.54) is 28.8 Å². The van der Waals surface area contributed by atoms with Crippen LogP contribution in [0.4, 0.5) is 0 Å². The van der Waals surface area contributed by atoms with Crippen LogP contribution in [-0.4, -0.2) is 173 Å². The molecule has 28 nitrogen and oxygen atoms in total. The number of aliphatic hydroxyl groups excluding tert-OH is 3. The molecule has 0 saturated carbocycles. The largest absolute Gasteiger partial charge is 0.493 e. The highest BCUT2D eigenvalue weighted by molar-refractivity contribution is 7.79. The molecule has 6 rings (SSSR count). The minimum atomic E-state index is -6.01. The van der Waals surface area contributed by atoms with E-state index in [4.69, 9.17) is 41.8 Å². The second-order valence-corrected chi connectivity index (χ2v) is 20.7. The summed E-state index contributed by atoms with van der Waals surface area (Å²) in [6, 6.07) is -1.43. The molecule has 17 atom stereocenters. The van der Waals surface area contributed by atoms with Gasteiger partial charge in [-0.3, -0.25) is 28.2 Å². The summed E-state index contributed by atoms with van der Waals surface area (Å²) < 4.78 is 85.5. The highest BCUT2D eigenvalue weighted by Crippen LogP contribution is 2.76. The van der Waals surface area contributed by atoms with Crippen molar-refractivity contribution in [1.82, 2.24) is 9.80 Å². The van der Waals surface area contributed by atoms with Gasteiger partial charge in [-0.15, -0.1) is 0 Å². The summed E-state index contributed by atoms with van der Waals surface area (Å²) >= 11 is 5.64. The molecule has 0 bridgehead atoms. The summed E-state index contributed by atoms with van der Waals surface area (Å²) in [7, 11) is -23.5. The summed E-state index contributed by atoms with van der Waals surface area (Å²) in [5.41, 5.74) is 11.7. The van der Waals surface area contributed by atoms with E-state index in [1.807, 2.05) is 0 Å². The molecule has 0 aromatic rings. The Morgan fingerprint density at radius 1 is 0.768 bits per heavy atom. The third kappa shape index (κ3) is 8.73. The third-order valence-corrected chi connectivity index (χ3v) is 17.4. The minimum Gasteiger partial charge on any atom is -0.493 e. The number of nitrogens with two attached hydrogens (primary N) is 2. The second kappa shape index (κ2) is 16.2. The maximum absolute atomic E-state index is 12.9. The van der Waals surface area contributed by atoms with E-state index in [-0.39, 0.29) is 11.7 Å². The molecule has 33 heteroatoms. The molecule has 0 spiro atoms. The Labute approximate surface area is 319 Å². The Kier molecular flexibility index (Phi) is 12.5. The van der Waals surface area contributed by atoms with Crippen LogP contribution in [0.25, 0.3) is 0 Å². The molecule has 17 unspecified atom stereocenters. The number of aliphatic hydroxyl groups is 3. The summed E-state index contributed by atoms with van der Waals surface area (Å²) in [6.45, 7) is 1.33. The smallest absolute Gasteiger partial charge is 0.479 e. The van der Waals surface area contributed by atoms with Crippen LogP contribution in [0.2, 0.25) is 0 Å². The lowest BCUT2D eigenvalue weighted by Crippen LogP contribution is -2.51. The zero-order valence-electron chi connectivity index (χ0n) is 28.0. The van der Waals surface area contributed by atoms with E-state index >= 15 is 0 Å². The molecule has 11 N–H and O–H groups in total. The predicted octanol–water partition coefficient (Wildman–Crippen LogP) is -2.92. The Morgan fingerprint density at radius 2 is 1.21 bits per heavy atom. The van der Waals surface area contributed by atoms with Gasteiger partial charge in [-0.05, 0) is 0 Å². The van der Waals surface area contributed by atoms with Crippen molar-refractivity contribution in [3.8, 4) is 0 Å². The van der Waals surface area contributed by atoms with Gasteiger partial charge in [-0.2, -0.15) is 0 Å². The number of amidine groups is 2. The third-order valence-electron chi connectivity index (χ3n) is 8.63. The van der Waals surface area contributed by atoms with Gasteiger partial charge in [0.2, 0.25) is 4.86 Å². The lowest BCUT2D eigenvalue weighted by molar-refractivity contribution is -0.0770. The van der Waals surface area contributed by atoms with Crippen LogP contribution >= 0.6 is 42.4 Å². The first-order chi connectivity index (χ1) is 26.2. The van der Waals surface area contributed by atoms with E-state index in [1.54, 1.807) is 0 Å². The second-order valence-electron chi connectivity index (χ2n) is 12.3. The number of halogens is 1. The lowest BCUT2D eigenvalue weighted by atomic mass is 10.1. The zero-order valence-corrected chi connectivity index (χ0v) is 32.4. The first-order valence-electron chi connectivity index (χ1n) is 15.8. The fourth-order valence-corrected chi connectivity index (χ4v) is 13.0. The molecule has 2 fully saturated rings. The number of nitrogens with zero attached hydrogens (tertiary/aromatic N) is 8. The summed E-state index contributed by atoms with van der Waals surface area (Å²) in [5.74, 6) is 0.239. The van der Waals surface area contributed by atoms with Crippen molar-refractivity contribution in [3.63, 3.8) is 0 Å². The predicted molar refractivity (Wildman–Crippen MR) is 189 cm³/mol. The van der Waals surface area contributed by atoms with Gasteiger partial charge in [0.05, 0.1) is 32.2 Å². The molecule has 56 heavy (non-hydrogen) atoms. The quantitative estimate of drug-likeness (QED) is 0.0426. The van der Waals surface area contributed by atoms with Crippen molar-refractivity contribution >= 4 is 79.5 Å². The number of alkyl halides is 1. The molecule has 312 valence electrons. The van der Waals surface area contributed by atoms with Crippen molar-refractivity contribution in [1.29, 1.82) is 0 Å². The number of phosphoric ester groups is 2. The SMILES string of the molecule is C=COC1C(COP(=O)(O)OP(=O)(O)C(Cl)P(=O)(O)OP(=O)(O)OCC2OC(N3C=NC4C(N)=NC=NC43)C(O)C2O)OC(N2C=NC3C(N)=NC=NC32)C1O. The van der Waals surface area contributed by atoms with Crippen LogP contribution in [0.15, 0.2) is 42.8 Å². The Hall–Kier alpha value is -2.55. The zero-order chi connectivity index (χ0) is 41.0. The normalized spacial score (nSPS) is 39.5. The Bertz CT molecular complexity index is 1930. The maximum atomic E-state index is 12.9. The first kappa shape index (κ1) is 43.0. The van der Waals surface area contributed by atoms with Crippen LogP contribution in [0.3, 0.4) is 0 Å². The standard InChI is InChI=1S/C23H35ClN10O18P4/c1-2-46-16-10(50-22(15(16)37)34-8-32-12-18(26)28-6-30-20(12)34)4-48-56(44,45)52-54(40,41)23(24)53(38,39)51-55(42,43)47-3-9-13(35)14(36)21(49-9)33-7-31-11-17(25)27-5-29-19(11)33/h2,5-16,19-23,35-37H,1,3-4H2,(H,38,39)(H,40,41)(H,42,43)(H,44,45)(H2,25,27,29)(H2,26,28,30). The van der Waals surface area contributed by atoms with E-state index in [9.17, 15) is 53.2 Å². The molecular weight excluding hydrogens is 864 g/mol. The average Bonchev–Trinajstić information content (AvgIpc) is 3.88. The molecule has 0 aromatic carbocycles. The molecule has 6 aliphatic heterocycles. The van der Waals surface area contributed by atoms with Gasteiger partial charge in [0.15, 0.2) is 30.9 Å². The first-order valence-corrected chi connectivity index (χ1v) is 22.5. The van der Waals surface area contributed by atoms with Crippen molar-refractivity contribution in [2.45, 2.75) is 78.4 Å². The van der Waals surface area contributed by atoms with Crippen LogP contribution in [0.1, 0.15) is 0 Å². The van der Waals surface area contributed by atoms with Crippen LogP contribution in [0.5, 0.6) is 0 Å². The van der Waals surface area contributed by atoms with Crippen molar-refractivity contribution in [2.75, 3.05) is 13.2 Å². The highest BCUT2D eigenvalue weighted by Gasteiger charge is 2.56. The van der Waals surface area contributed by atoms with E-state index in [0.717, 1.165) is 12.6 Å². The van der Waals surface area contributed by atoms with Crippen LogP contribution in [-0.2, 0) is 50.1 Å². The molecule has 0 aromatic heterocycles. The highest BCUT2D eigenvalue weighted by atomic mass is 35.5. The number of hydrogen-bond donors (Lipinski definition) is 9. The monoisotopic (exact) mass is 898 g/mol. The number of hydrogen-bond acceptors (Lipinski definition) is 24. The fraction of sp³-hybridized carbons (Fsp3) is 0.652. The number of phosphoric acid groups is 2. The van der Waals surface area contributed by atoms with Crippen molar-refractivity contribution in [2.24, 2.45) is 41.4 Å². The molecule has 0 amide bonds. The molecule has 0 aliphatic carbocycles. The molecule has 0 radical (unpaired) electrons. The molecule has 6 aliphatic rings. The van der Waals surface area contributed by atoms with Gasteiger partial charge in [0.25, 0.3) is 0 Å². The van der Waals surface area contributed by atoms with Gasteiger partial charge >= 0.3 is 30.8 Å². The average molecular weight is 899 g/mol. The summed E-state index contributed by atoms with van der Waals surface area (Å²) in [6.07, 6.45) is -7.71. The lowest BCUT2D eigenvalue weighted by Gasteiger charge is -2.31. The number of ether oxygens (including phenoxy) is 3. The maximum Gasteiger partial charge on any atom is 0.479 e. The Morgan fingerprint density at radius 3 is 1.70 bits per heavy atom. The Balaban J connectivity index is 1.02. The van der Waals surface area contributed by atoms with Gasteiger partial charge in [0, 0.05) is 0 Å². The van der Waals surface area contributed by atoms with Crippen molar-refractivity contribution in [3.05, 3.63) is 12.8 Å². The van der Waals surface area contributed by atoms with Crippen LogP contribution < -0.4 is 11.5 Å². The molecular formula is C23H35ClN10O18P4. The van der Waals surface area contributed by atoms with Gasteiger partial charge in [-0.25, -0.2) is 37.7 Å². The van der Waals surface area contributed by atoms with Gasteiger partial charge < -0.3 is 70.4 Å². The van der Waals surface area contributed by atoms with Gasteiger partial charge in [-0.1, -0.05) is 18.2 Å². The number of aliphatic imine (C=N–C) groups is 6. The van der Waals surface area contributed by atoms with E-state index < -0.39 is 122 Å². The van der Waals surface area contributed by atoms with Crippen LogP contribution in [0, 0.1) is 0 Å². The van der Waals surface area contributed by atoms with Gasteiger partial charge in [0.1, 0.15) is 67.0 Å². The summed E-state index contributed by atoms with van der Waals surface area (Å²) in [4.78, 5) is 64.7. The molecule has 6 heterocycles.